The summed E-state index contributed by atoms with van der Waals surface area (Å²) >= 11 is 0. The minimum Gasteiger partial charge on any atom is -0.348 e. The van der Waals surface area contributed by atoms with Gasteiger partial charge in [-0.3, -0.25) is 9.59 Å². The van der Waals surface area contributed by atoms with E-state index in [1.54, 1.807) is 0 Å². The first-order valence-electron chi connectivity index (χ1n) is 9.43. The van der Waals surface area contributed by atoms with Gasteiger partial charge in [-0.25, -0.2) is 0 Å². The van der Waals surface area contributed by atoms with Crippen molar-refractivity contribution in [2.45, 2.75) is 25.9 Å². The molecule has 0 radical (unpaired) electrons. The molecule has 0 aromatic heterocycles. The SMILES string of the molecule is CN(C)Cc1ccc(C(=O)NCc2cccc(C(=O)N3CCCC3)c2)cc1. The predicted octanol–water partition coefficient (Wildman–Crippen LogP) is 2.91. The summed E-state index contributed by atoms with van der Waals surface area (Å²) in [5, 5.41) is 2.94. The second-order valence-electron chi connectivity index (χ2n) is 7.32. The molecule has 2 aromatic carbocycles. The van der Waals surface area contributed by atoms with Crippen LogP contribution in [0.15, 0.2) is 48.5 Å². The van der Waals surface area contributed by atoms with Gasteiger partial charge < -0.3 is 15.1 Å². The maximum atomic E-state index is 12.5. The third-order valence-corrected chi connectivity index (χ3v) is 4.74. The smallest absolute Gasteiger partial charge is 0.253 e. The Morgan fingerprint density at radius 1 is 0.963 bits per heavy atom. The summed E-state index contributed by atoms with van der Waals surface area (Å²) in [6.45, 7) is 2.92. The van der Waals surface area contributed by atoms with Gasteiger partial charge in [0.05, 0.1) is 0 Å². The van der Waals surface area contributed by atoms with Crippen molar-refractivity contribution in [1.82, 2.24) is 15.1 Å². The lowest BCUT2D eigenvalue weighted by Crippen LogP contribution is -2.28. The van der Waals surface area contributed by atoms with Crippen molar-refractivity contribution in [3.05, 3.63) is 70.8 Å². The third kappa shape index (κ3) is 5.17. The molecule has 1 fully saturated rings. The van der Waals surface area contributed by atoms with Crippen molar-refractivity contribution in [3.8, 4) is 0 Å². The van der Waals surface area contributed by atoms with Crippen molar-refractivity contribution in [1.29, 1.82) is 0 Å². The van der Waals surface area contributed by atoms with E-state index in [1.165, 1.54) is 5.56 Å². The van der Waals surface area contributed by atoms with E-state index in [1.807, 2.05) is 67.5 Å². The molecule has 142 valence electrons. The Balaban J connectivity index is 1.58. The maximum absolute atomic E-state index is 12.5. The molecule has 0 aliphatic carbocycles. The van der Waals surface area contributed by atoms with Gasteiger partial charge in [-0.15, -0.1) is 0 Å². The van der Waals surface area contributed by atoms with Crippen molar-refractivity contribution in [2.24, 2.45) is 0 Å². The van der Waals surface area contributed by atoms with Gasteiger partial charge in [0.15, 0.2) is 0 Å². The molecule has 27 heavy (non-hydrogen) atoms. The molecule has 1 aliphatic rings. The fourth-order valence-corrected chi connectivity index (χ4v) is 3.33. The number of amides is 2. The summed E-state index contributed by atoms with van der Waals surface area (Å²) in [6, 6.07) is 15.2. The zero-order valence-electron chi connectivity index (χ0n) is 16.1. The third-order valence-electron chi connectivity index (χ3n) is 4.74. The number of carbonyl (C=O) groups excluding carboxylic acids is 2. The number of carbonyl (C=O) groups is 2. The number of hydrogen-bond acceptors (Lipinski definition) is 3. The van der Waals surface area contributed by atoms with Crippen LogP contribution in [0.3, 0.4) is 0 Å². The van der Waals surface area contributed by atoms with Crippen molar-refractivity contribution >= 4 is 11.8 Å². The highest BCUT2D eigenvalue weighted by Crippen LogP contribution is 2.14. The molecular weight excluding hydrogens is 338 g/mol. The van der Waals surface area contributed by atoms with Crippen molar-refractivity contribution in [2.75, 3.05) is 27.2 Å². The van der Waals surface area contributed by atoms with Gasteiger partial charge >= 0.3 is 0 Å². The molecule has 5 nitrogen and oxygen atoms in total. The van der Waals surface area contributed by atoms with Gasteiger partial charge in [0.25, 0.3) is 11.8 Å². The van der Waals surface area contributed by atoms with Crippen LogP contribution < -0.4 is 5.32 Å². The Hall–Kier alpha value is -2.66. The lowest BCUT2D eigenvalue weighted by atomic mass is 10.1. The number of rotatable bonds is 6. The van der Waals surface area contributed by atoms with Gasteiger partial charge in [-0.2, -0.15) is 0 Å². The molecule has 0 bridgehead atoms. The van der Waals surface area contributed by atoms with Crippen LogP contribution in [0.2, 0.25) is 0 Å². The zero-order chi connectivity index (χ0) is 19.2. The maximum Gasteiger partial charge on any atom is 0.253 e. The van der Waals surface area contributed by atoms with Gasteiger partial charge in [0, 0.05) is 37.3 Å². The molecule has 5 heteroatoms. The Morgan fingerprint density at radius 2 is 1.67 bits per heavy atom. The largest absolute Gasteiger partial charge is 0.348 e. The normalized spacial score (nSPS) is 13.8. The Labute approximate surface area is 161 Å². The summed E-state index contributed by atoms with van der Waals surface area (Å²) in [5.41, 5.74) is 3.43. The molecule has 3 rings (SSSR count). The highest BCUT2D eigenvalue weighted by molar-refractivity contribution is 5.95. The Kier molecular flexibility index (Phi) is 6.24. The Bertz CT molecular complexity index is 793. The number of nitrogens with one attached hydrogen (secondary N) is 1. The molecule has 2 aromatic rings. The zero-order valence-corrected chi connectivity index (χ0v) is 16.1. The van der Waals surface area contributed by atoms with E-state index < -0.39 is 0 Å². The molecule has 1 N–H and O–H groups in total. The molecule has 0 saturated carbocycles. The molecule has 1 aliphatic heterocycles. The minimum absolute atomic E-state index is 0.0807. The van der Waals surface area contributed by atoms with Crippen LogP contribution in [0.1, 0.15) is 44.7 Å². The van der Waals surface area contributed by atoms with Crippen LogP contribution in [0.4, 0.5) is 0 Å². The topological polar surface area (TPSA) is 52.7 Å². The highest BCUT2D eigenvalue weighted by atomic mass is 16.2. The summed E-state index contributed by atoms with van der Waals surface area (Å²) in [5.74, 6) is -0.0279. The van der Waals surface area contributed by atoms with E-state index in [4.69, 9.17) is 0 Å². The van der Waals surface area contributed by atoms with Gasteiger partial charge in [-0.05, 0) is 62.3 Å². The number of hydrogen-bond donors (Lipinski definition) is 1. The van der Waals surface area contributed by atoms with E-state index in [0.29, 0.717) is 17.7 Å². The van der Waals surface area contributed by atoms with E-state index >= 15 is 0 Å². The number of benzene rings is 2. The van der Waals surface area contributed by atoms with Crippen LogP contribution in [-0.2, 0) is 13.1 Å². The number of likely N-dealkylation sites (tertiary alicyclic amines) is 1. The summed E-state index contributed by atoms with van der Waals surface area (Å²) < 4.78 is 0. The van der Waals surface area contributed by atoms with Crippen molar-refractivity contribution < 1.29 is 9.59 Å². The van der Waals surface area contributed by atoms with E-state index in [9.17, 15) is 9.59 Å². The van der Waals surface area contributed by atoms with E-state index in [2.05, 4.69) is 10.2 Å². The fraction of sp³-hybridized carbons (Fsp3) is 0.364. The molecule has 0 spiro atoms. The van der Waals surface area contributed by atoms with E-state index in [0.717, 1.165) is 38.0 Å². The molecule has 1 saturated heterocycles. The summed E-state index contributed by atoms with van der Waals surface area (Å²) in [7, 11) is 4.03. The molecular formula is C22H27N3O2. The lowest BCUT2D eigenvalue weighted by Gasteiger charge is -2.15. The van der Waals surface area contributed by atoms with Gasteiger partial charge in [-0.1, -0.05) is 24.3 Å². The predicted molar refractivity (Wildman–Crippen MR) is 107 cm³/mol. The first kappa shape index (κ1) is 19.1. The highest BCUT2D eigenvalue weighted by Gasteiger charge is 2.19. The minimum atomic E-state index is -0.109. The second kappa shape index (κ2) is 8.82. The van der Waals surface area contributed by atoms with Crippen molar-refractivity contribution in [3.63, 3.8) is 0 Å². The number of nitrogens with zero attached hydrogens (tertiary/aromatic N) is 2. The molecule has 1 heterocycles. The van der Waals surface area contributed by atoms with Gasteiger partial charge in [0.2, 0.25) is 0 Å². The van der Waals surface area contributed by atoms with Crippen LogP contribution in [0.25, 0.3) is 0 Å². The van der Waals surface area contributed by atoms with Crippen LogP contribution >= 0.6 is 0 Å². The second-order valence-corrected chi connectivity index (χ2v) is 7.32. The average molecular weight is 365 g/mol. The Morgan fingerprint density at radius 3 is 2.33 bits per heavy atom. The molecule has 2 amide bonds. The summed E-state index contributed by atoms with van der Waals surface area (Å²) in [4.78, 5) is 28.9. The summed E-state index contributed by atoms with van der Waals surface area (Å²) in [6.07, 6.45) is 2.16. The van der Waals surface area contributed by atoms with Crippen LogP contribution in [0, 0.1) is 0 Å². The van der Waals surface area contributed by atoms with Gasteiger partial charge in [0.1, 0.15) is 0 Å². The standard InChI is InChI=1S/C22H27N3O2/c1-24(2)16-17-8-10-19(11-9-17)21(26)23-15-18-6-5-7-20(14-18)22(27)25-12-3-4-13-25/h5-11,14H,3-4,12-13,15-16H2,1-2H3,(H,23,26). The monoisotopic (exact) mass is 365 g/mol. The lowest BCUT2D eigenvalue weighted by molar-refractivity contribution is 0.0792. The molecule has 0 unspecified atom stereocenters. The quantitative estimate of drug-likeness (QED) is 0.856. The van der Waals surface area contributed by atoms with Crippen LogP contribution in [0.5, 0.6) is 0 Å². The average Bonchev–Trinajstić information content (AvgIpc) is 3.20. The fourth-order valence-electron chi connectivity index (χ4n) is 3.33. The first-order chi connectivity index (χ1) is 13.0. The molecule has 0 atom stereocenters. The van der Waals surface area contributed by atoms with E-state index in [-0.39, 0.29) is 11.8 Å². The first-order valence-corrected chi connectivity index (χ1v) is 9.43. The van der Waals surface area contributed by atoms with Crippen LogP contribution in [-0.4, -0.2) is 48.8 Å².